The van der Waals surface area contributed by atoms with Crippen LogP contribution in [-0.2, 0) is 6.42 Å². The Labute approximate surface area is 91.7 Å². The molecule has 0 fully saturated rings. The number of unbranched alkanes of at least 4 members (excludes halogenated alkanes) is 1. The van der Waals surface area contributed by atoms with Crippen LogP contribution in [0, 0.1) is 5.92 Å². The summed E-state index contributed by atoms with van der Waals surface area (Å²) < 4.78 is 5.38. The summed E-state index contributed by atoms with van der Waals surface area (Å²) in [5.74, 6) is 2.07. The van der Waals surface area contributed by atoms with E-state index >= 15 is 0 Å². The molecule has 2 nitrogen and oxygen atoms in total. The van der Waals surface area contributed by atoms with Crippen LogP contribution in [-0.4, -0.2) is 6.29 Å². The molecule has 1 unspecified atom stereocenters. The van der Waals surface area contributed by atoms with Crippen LogP contribution in [0.2, 0.25) is 0 Å². The van der Waals surface area contributed by atoms with Gasteiger partial charge in [0, 0.05) is 6.42 Å². The summed E-state index contributed by atoms with van der Waals surface area (Å²) in [5.41, 5.74) is 0. The van der Waals surface area contributed by atoms with Gasteiger partial charge in [0.15, 0.2) is 12.0 Å². The average Bonchev–Trinajstić information content (AvgIpc) is 2.71. The second kappa shape index (κ2) is 6.44. The van der Waals surface area contributed by atoms with Gasteiger partial charge >= 0.3 is 0 Å². The van der Waals surface area contributed by atoms with Crippen molar-refractivity contribution in [3.8, 4) is 0 Å². The van der Waals surface area contributed by atoms with Gasteiger partial charge in [-0.25, -0.2) is 0 Å². The van der Waals surface area contributed by atoms with Crippen LogP contribution >= 0.6 is 0 Å². The maximum Gasteiger partial charge on any atom is 0.185 e. The molecule has 1 aromatic rings. The van der Waals surface area contributed by atoms with E-state index in [1.165, 1.54) is 25.7 Å². The first kappa shape index (κ1) is 12.0. The summed E-state index contributed by atoms with van der Waals surface area (Å²) in [6.07, 6.45) is 6.68. The normalized spacial score (nSPS) is 12.7. The molecule has 0 aliphatic heterocycles. The van der Waals surface area contributed by atoms with E-state index in [0.717, 1.165) is 18.5 Å². The zero-order chi connectivity index (χ0) is 11.1. The quantitative estimate of drug-likeness (QED) is 0.637. The number of furan rings is 1. The fraction of sp³-hybridized carbons (Fsp3) is 0.615. The molecule has 0 radical (unpaired) electrons. The first-order chi connectivity index (χ1) is 7.30. The molecule has 0 aliphatic carbocycles. The minimum atomic E-state index is 0.440. The molecule has 0 N–H and O–H groups in total. The van der Waals surface area contributed by atoms with Crippen molar-refractivity contribution >= 4 is 6.29 Å². The Kier molecular flexibility index (Phi) is 5.16. The van der Waals surface area contributed by atoms with E-state index in [2.05, 4.69) is 13.8 Å². The lowest BCUT2D eigenvalue weighted by atomic mass is 9.95. The maximum absolute atomic E-state index is 10.5. The molecule has 0 saturated carbocycles. The van der Waals surface area contributed by atoms with E-state index in [-0.39, 0.29) is 0 Å². The SMILES string of the molecule is CCCCC(CC)Cc1ccc(C=O)o1. The summed E-state index contributed by atoms with van der Waals surface area (Å²) in [6, 6.07) is 3.66. The van der Waals surface area contributed by atoms with Gasteiger partial charge in [-0.05, 0) is 18.1 Å². The molecule has 0 saturated heterocycles. The average molecular weight is 208 g/mol. The van der Waals surface area contributed by atoms with Crippen molar-refractivity contribution in [1.29, 1.82) is 0 Å². The first-order valence-corrected chi connectivity index (χ1v) is 5.84. The predicted octanol–water partition coefficient (Wildman–Crippen LogP) is 3.85. The zero-order valence-electron chi connectivity index (χ0n) is 9.66. The summed E-state index contributed by atoms with van der Waals surface area (Å²) in [7, 11) is 0. The van der Waals surface area contributed by atoms with E-state index in [9.17, 15) is 4.79 Å². The second-order valence-corrected chi connectivity index (χ2v) is 4.04. The summed E-state index contributed by atoms with van der Waals surface area (Å²) >= 11 is 0. The van der Waals surface area contributed by atoms with Crippen molar-refractivity contribution in [2.24, 2.45) is 5.92 Å². The van der Waals surface area contributed by atoms with Gasteiger partial charge in [0.05, 0.1) is 0 Å². The molecule has 1 atom stereocenters. The van der Waals surface area contributed by atoms with E-state index in [0.29, 0.717) is 11.7 Å². The van der Waals surface area contributed by atoms with Gasteiger partial charge in [-0.1, -0.05) is 39.5 Å². The molecule has 1 rings (SSSR count). The van der Waals surface area contributed by atoms with Gasteiger partial charge < -0.3 is 4.42 Å². The molecule has 84 valence electrons. The Balaban J connectivity index is 2.46. The van der Waals surface area contributed by atoms with E-state index in [4.69, 9.17) is 4.42 Å². The number of carbonyl (C=O) groups excluding carboxylic acids is 1. The van der Waals surface area contributed by atoms with Gasteiger partial charge in [0.25, 0.3) is 0 Å². The van der Waals surface area contributed by atoms with Gasteiger partial charge in [0.2, 0.25) is 0 Å². The van der Waals surface area contributed by atoms with E-state index < -0.39 is 0 Å². The van der Waals surface area contributed by atoms with Crippen LogP contribution < -0.4 is 0 Å². The molecule has 0 aliphatic rings. The minimum Gasteiger partial charge on any atom is -0.458 e. The standard InChI is InChI=1S/C13H20O2/c1-3-5-6-11(4-2)9-12-7-8-13(10-14)15-12/h7-8,10-11H,3-6,9H2,1-2H3. The van der Waals surface area contributed by atoms with Crippen LogP contribution in [0.25, 0.3) is 0 Å². The van der Waals surface area contributed by atoms with Crippen LogP contribution in [0.15, 0.2) is 16.5 Å². The Morgan fingerprint density at radius 2 is 2.20 bits per heavy atom. The summed E-state index contributed by atoms with van der Waals surface area (Å²) in [5, 5.41) is 0. The molecular formula is C13H20O2. The van der Waals surface area contributed by atoms with E-state index in [1.807, 2.05) is 6.07 Å². The number of hydrogen-bond acceptors (Lipinski definition) is 2. The molecule has 0 bridgehead atoms. The lowest BCUT2D eigenvalue weighted by molar-refractivity contribution is 0.109. The van der Waals surface area contributed by atoms with Gasteiger partial charge in [-0.3, -0.25) is 4.79 Å². The first-order valence-electron chi connectivity index (χ1n) is 5.84. The van der Waals surface area contributed by atoms with E-state index in [1.54, 1.807) is 6.07 Å². The van der Waals surface area contributed by atoms with Crippen molar-refractivity contribution in [3.05, 3.63) is 23.7 Å². The Morgan fingerprint density at radius 3 is 2.73 bits per heavy atom. The second-order valence-electron chi connectivity index (χ2n) is 4.04. The smallest absolute Gasteiger partial charge is 0.185 e. The van der Waals surface area contributed by atoms with Crippen LogP contribution in [0.3, 0.4) is 0 Å². The highest BCUT2D eigenvalue weighted by Gasteiger charge is 2.09. The number of carbonyl (C=O) groups is 1. The minimum absolute atomic E-state index is 0.440. The third-order valence-electron chi connectivity index (χ3n) is 2.83. The van der Waals surface area contributed by atoms with Crippen molar-refractivity contribution < 1.29 is 9.21 Å². The number of hydrogen-bond donors (Lipinski definition) is 0. The number of aldehydes is 1. The Hall–Kier alpha value is -1.05. The predicted molar refractivity (Wildman–Crippen MR) is 61.1 cm³/mol. The molecule has 0 amide bonds. The molecule has 2 heteroatoms. The molecule has 1 aromatic heterocycles. The molecule has 0 aromatic carbocycles. The van der Waals surface area contributed by atoms with Gasteiger partial charge in [-0.15, -0.1) is 0 Å². The van der Waals surface area contributed by atoms with Crippen molar-refractivity contribution in [2.45, 2.75) is 46.0 Å². The van der Waals surface area contributed by atoms with Gasteiger partial charge in [0.1, 0.15) is 5.76 Å². The van der Waals surface area contributed by atoms with Gasteiger partial charge in [-0.2, -0.15) is 0 Å². The lowest BCUT2D eigenvalue weighted by Gasteiger charge is -2.12. The fourth-order valence-electron chi connectivity index (χ4n) is 1.80. The molecule has 0 spiro atoms. The zero-order valence-corrected chi connectivity index (χ0v) is 9.66. The summed E-state index contributed by atoms with van der Waals surface area (Å²) in [6.45, 7) is 4.42. The van der Waals surface area contributed by atoms with Crippen molar-refractivity contribution in [3.63, 3.8) is 0 Å². The monoisotopic (exact) mass is 208 g/mol. The highest BCUT2D eigenvalue weighted by molar-refractivity contribution is 5.70. The maximum atomic E-state index is 10.5. The highest BCUT2D eigenvalue weighted by atomic mass is 16.3. The van der Waals surface area contributed by atoms with Crippen molar-refractivity contribution in [2.75, 3.05) is 0 Å². The van der Waals surface area contributed by atoms with Crippen LogP contribution in [0.4, 0.5) is 0 Å². The number of rotatable bonds is 7. The summed E-state index contributed by atoms with van der Waals surface area (Å²) in [4.78, 5) is 10.5. The third kappa shape index (κ3) is 3.90. The molecular weight excluding hydrogens is 188 g/mol. The molecule has 15 heavy (non-hydrogen) atoms. The fourth-order valence-corrected chi connectivity index (χ4v) is 1.80. The topological polar surface area (TPSA) is 30.2 Å². The van der Waals surface area contributed by atoms with Crippen molar-refractivity contribution in [1.82, 2.24) is 0 Å². The van der Waals surface area contributed by atoms with Crippen LogP contribution in [0.5, 0.6) is 0 Å². The highest BCUT2D eigenvalue weighted by Crippen LogP contribution is 2.19. The van der Waals surface area contributed by atoms with Crippen LogP contribution in [0.1, 0.15) is 55.8 Å². The lowest BCUT2D eigenvalue weighted by Crippen LogP contribution is -2.02. The molecule has 1 heterocycles. The Bertz CT molecular complexity index is 288. The third-order valence-corrected chi connectivity index (χ3v) is 2.83. The largest absolute Gasteiger partial charge is 0.458 e. The Morgan fingerprint density at radius 1 is 1.40 bits per heavy atom.